The van der Waals surface area contributed by atoms with Gasteiger partial charge in [-0.1, -0.05) is 11.6 Å². The smallest absolute Gasteiger partial charge is 0.253 e. The number of carbonyl (C=O) groups is 2. The molecule has 7 nitrogen and oxygen atoms in total. The van der Waals surface area contributed by atoms with Gasteiger partial charge in [0.05, 0.1) is 5.92 Å². The predicted octanol–water partition coefficient (Wildman–Crippen LogP) is 3.59. The third kappa shape index (κ3) is 4.47. The summed E-state index contributed by atoms with van der Waals surface area (Å²) in [5.41, 5.74) is 0.621. The van der Waals surface area contributed by atoms with Crippen LogP contribution in [-0.4, -0.2) is 63.0 Å². The summed E-state index contributed by atoms with van der Waals surface area (Å²) < 4.78 is 0. The van der Waals surface area contributed by atoms with Crippen molar-refractivity contribution in [1.29, 1.82) is 0 Å². The largest absolute Gasteiger partial charge is 0.342 e. The Balaban J connectivity index is 1.16. The van der Waals surface area contributed by atoms with Gasteiger partial charge in [0.1, 0.15) is 5.82 Å². The average Bonchev–Trinajstić information content (AvgIpc) is 3.55. The molecule has 2 amide bonds. The Morgan fingerprint density at radius 1 is 0.935 bits per heavy atom. The van der Waals surface area contributed by atoms with E-state index >= 15 is 0 Å². The Bertz CT molecular complexity index is 947. The van der Waals surface area contributed by atoms with Crippen molar-refractivity contribution < 1.29 is 9.59 Å². The number of hydrogen-bond acceptors (Lipinski definition) is 4. The molecule has 31 heavy (non-hydrogen) atoms. The molecule has 164 valence electrons. The van der Waals surface area contributed by atoms with Crippen LogP contribution in [0, 0.1) is 5.92 Å². The van der Waals surface area contributed by atoms with Crippen molar-refractivity contribution in [3.8, 4) is 0 Å². The number of nitrogens with zero attached hydrogens (tertiary/aromatic N) is 4. The average molecular weight is 442 g/mol. The van der Waals surface area contributed by atoms with Gasteiger partial charge in [-0.15, -0.1) is 0 Å². The normalized spacial score (nSPS) is 22.5. The zero-order chi connectivity index (χ0) is 21.4. The topological polar surface area (TPSA) is 82.2 Å². The summed E-state index contributed by atoms with van der Waals surface area (Å²) in [7, 11) is 0. The van der Waals surface area contributed by atoms with E-state index in [1.165, 1.54) is 12.8 Å². The summed E-state index contributed by atoms with van der Waals surface area (Å²) in [6.07, 6.45) is 5.91. The van der Waals surface area contributed by atoms with Crippen LogP contribution in [0.15, 0.2) is 24.3 Å². The van der Waals surface area contributed by atoms with E-state index in [1.54, 1.807) is 24.3 Å². The van der Waals surface area contributed by atoms with Crippen molar-refractivity contribution in [3.63, 3.8) is 0 Å². The third-order valence-corrected chi connectivity index (χ3v) is 7.06. The molecular weight excluding hydrogens is 414 g/mol. The molecular formula is C23H28ClN5O2. The van der Waals surface area contributed by atoms with Gasteiger partial charge in [-0.2, -0.15) is 5.10 Å². The fourth-order valence-electron chi connectivity index (χ4n) is 4.76. The van der Waals surface area contributed by atoms with E-state index in [2.05, 4.69) is 10.2 Å². The van der Waals surface area contributed by atoms with Crippen molar-refractivity contribution in [2.45, 2.75) is 50.4 Å². The lowest BCUT2D eigenvalue weighted by Crippen LogP contribution is -2.48. The molecule has 1 aromatic heterocycles. The first-order valence-electron chi connectivity index (χ1n) is 11.3. The number of rotatable bonds is 4. The molecule has 8 heteroatoms. The molecule has 1 N–H and O–H groups in total. The maximum absolute atomic E-state index is 13.2. The second-order valence-electron chi connectivity index (χ2n) is 9.05. The first-order valence-corrected chi connectivity index (χ1v) is 11.7. The molecule has 1 atom stereocenters. The van der Waals surface area contributed by atoms with Gasteiger partial charge in [0.2, 0.25) is 5.91 Å². The lowest BCUT2D eigenvalue weighted by atomic mass is 9.92. The highest BCUT2D eigenvalue weighted by atomic mass is 35.5. The Hall–Kier alpha value is -2.41. The summed E-state index contributed by atoms with van der Waals surface area (Å²) in [6.45, 7) is 2.67. The van der Waals surface area contributed by atoms with Crippen LogP contribution in [0.25, 0.3) is 0 Å². The standard InChI is InChI=1S/C23H28ClN5O2/c24-19-7-5-17(6-8-19)22(30)29-11-1-2-18(14-29)23(31)28-12-9-16(10-13-28)21-25-20(26-27-21)15-3-4-15/h5-8,15-16,18H,1-4,9-14H2,(H,25,26,27). The minimum absolute atomic E-state index is 0.0235. The van der Waals surface area contributed by atoms with Crippen LogP contribution in [0.1, 0.15) is 72.4 Å². The van der Waals surface area contributed by atoms with E-state index in [4.69, 9.17) is 16.6 Å². The Kier molecular flexibility index (Phi) is 5.69. The number of carbonyl (C=O) groups excluding carboxylic acids is 2. The first kappa shape index (κ1) is 20.5. The lowest BCUT2D eigenvalue weighted by molar-refractivity contribution is -0.138. The number of aromatic nitrogens is 3. The second kappa shape index (κ2) is 8.61. The molecule has 0 spiro atoms. The fourth-order valence-corrected chi connectivity index (χ4v) is 4.89. The number of halogens is 1. The van der Waals surface area contributed by atoms with Crippen LogP contribution in [0.5, 0.6) is 0 Å². The van der Waals surface area contributed by atoms with E-state index in [9.17, 15) is 9.59 Å². The molecule has 3 heterocycles. The van der Waals surface area contributed by atoms with Crippen molar-refractivity contribution in [1.82, 2.24) is 25.0 Å². The van der Waals surface area contributed by atoms with Gasteiger partial charge in [-0.05, 0) is 62.8 Å². The molecule has 2 saturated heterocycles. The number of hydrogen-bond donors (Lipinski definition) is 1. The quantitative estimate of drug-likeness (QED) is 0.785. The molecule has 1 saturated carbocycles. The van der Waals surface area contributed by atoms with Crippen LogP contribution in [0.4, 0.5) is 0 Å². The first-order chi connectivity index (χ1) is 15.1. The Labute approximate surface area is 187 Å². The molecule has 2 aliphatic heterocycles. The van der Waals surface area contributed by atoms with Crippen LogP contribution >= 0.6 is 11.6 Å². The molecule has 3 fully saturated rings. The van der Waals surface area contributed by atoms with E-state index in [0.29, 0.717) is 35.5 Å². The highest BCUT2D eigenvalue weighted by Gasteiger charge is 2.34. The molecule has 1 unspecified atom stereocenters. The number of nitrogens with one attached hydrogen (secondary N) is 1. The fraction of sp³-hybridized carbons (Fsp3) is 0.565. The van der Waals surface area contributed by atoms with Gasteiger partial charge < -0.3 is 9.80 Å². The molecule has 1 aliphatic carbocycles. The van der Waals surface area contributed by atoms with Crippen LogP contribution < -0.4 is 0 Å². The SMILES string of the molecule is O=C(c1ccc(Cl)cc1)N1CCCC(C(=O)N2CCC(c3nc(C4CC4)n[nH]3)CC2)C1. The van der Waals surface area contributed by atoms with Crippen LogP contribution in [-0.2, 0) is 4.79 Å². The summed E-state index contributed by atoms with van der Waals surface area (Å²) in [5, 5.41) is 8.11. The maximum Gasteiger partial charge on any atom is 0.253 e. The summed E-state index contributed by atoms with van der Waals surface area (Å²) in [4.78, 5) is 34.5. The third-order valence-electron chi connectivity index (χ3n) is 6.80. The van der Waals surface area contributed by atoms with E-state index in [1.807, 2.05) is 9.80 Å². The van der Waals surface area contributed by atoms with Gasteiger partial charge >= 0.3 is 0 Å². The van der Waals surface area contributed by atoms with Gasteiger partial charge in [-0.25, -0.2) is 4.98 Å². The summed E-state index contributed by atoms with van der Waals surface area (Å²) in [5.74, 6) is 2.88. The van der Waals surface area contributed by atoms with Crippen molar-refractivity contribution in [2.24, 2.45) is 5.92 Å². The number of amides is 2. The molecule has 1 aromatic carbocycles. The van der Waals surface area contributed by atoms with E-state index < -0.39 is 0 Å². The number of H-pyrrole nitrogens is 1. The Morgan fingerprint density at radius 2 is 1.68 bits per heavy atom. The lowest BCUT2D eigenvalue weighted by Gasteiger charge is -2.37. The minimum Gasteiger partial charge on any atom is -0.342 e. The second-order valence-corrected chi connectivity index (χ2v) is 9.49. The number of likely N-dealkylation sites (tertiary alicyclic amines) is 2. The minimum atomic E-state index is -0.117. The van der Waals surface area contributed by atoms with E-state index in [-0.39, 0.29) is 17.7 Å². The van der Waals surface area contributed by atoms with Crippen molar-refractivity contribution in [2.75, 3.05) is 26.2 Å². The molecule has 0 bridgehead atoms. The monoisotopic (exact) mass is 441 g/mol. The highest BCUT2D eigenvalue weighted by molar-refractivity contribution is 6.30. The summed E-state index contributed by atoms with van der Waals surface area (Å²) >= 11 is 5.94. The number of aromatic amines is 1. The molecule has 0 radical (unpaired) electrons. The zero-order valence-electron chi connectivity index (χ0n) is 17.6. The van der Waals surface area contributed by atoms with Crippen molar-refractivity contribution in [3.05, 3.63) is 46.5 Å². The van der Waals surface area contributed by atoms with Gasteiger partial charge in [0.25, 0.3) is 5.91 Å². The Morgan fingerprint density at radius 3 is 2.39 bits per heavy atom. The van der Waals surface area contributed by atoms with Gasteiger partial charge in [0, 0.05) is 48.6 Å². The molecule has 3 aliphatic rings. The highest BCUT2D eigenvalue weighted by Crippen LogP contribution is 2.38. The molecule has 2 aromatic rings. The number of benzene rings is 1. The van der Waals surface area contributed by atoms with Gasteiger partial charge in [-0.3, -0.25) is 14.7 Å². The predicted molar refractivity (Wildman–Crippen MR) is 117 cm³/mol. The van der Waals surface area contributed by atoms with Gasteiger partial charge in [0.15, 0.2) is 5.82 Å². The zero-order valence-corrected chi connectivity index (χ0v) is 18.4. The van der Waals surface area contributed by atoms with Crippen LogP contribution in [0.3, 0.4) is 0 Å². The summed E-state index contributed by atoms with van der Waals surface area (Å²) in [6, 6.07) is 6.96. The van der Waals surface area contributed by atoms with Crippen LogP contribution in [0.2, 0.25) is 5.02 Å². The maximum atomic E-state index is 13.2. The number of piperidine rings is 2. The van der Waals surface area contributed by atoms with Crippen molar-refractivity contribution >= 4 is 23.4 Å². The van der Waals surface area contributed by atoms with E-state index in [0.717, 1.165) is 50.4 Å². The molecule has 5 rings (SSSR count).